The van der Waals surface area contributed by atoms with Crippen molar-refractivity contribution in [1.82, 2.24) is 5.32 Å². The third-order valence-corrected chi connectivity index (χ3v) is 6.20. The number of fused-ring (bicyclic) bond motifs is 1. The molecule has 0 radical (unpaired) electrons. The Morgan fingerprint density at radius 3 is 2.42 bits per heavy atom. The highest BCUT2D eigenvalue weighted by Crippen LogP contribution is 2.30. The average molecular weight is 507 g/mol. The summed E-state index contributed by atoms with van der Waals surface area (Å²) in [6.45, 7) is 5.44. The van der Waals surface area contributed by atoms with E-state index in [4.69, 9.17) is 0 Å². The van der Waals surface area contributed by atoms with Gasteiger partial charge in [0.25, 0.3) is 5.91 Å². The Kier molecular flexibility index (Phi) is 6.99. The van der Waals surface area contributed by atoms with Crippen LogP contribution in [0.3, 0.4) is 0 Å². The molecule has 3 amide bonds. The first-order chi connectivity index (χ1) is 15.9. The van der Waals surface area contributed by atoms with Gasteiger partial charge in [-0.1, -0.05) is 36.4 Å². The van der Waals surface area contributed by atoms with Crippen molar-refractivity contribution < 1.29 is 9.59 Å². The van der Waals surface area contributed by atoms with Crippen LogP contribution in [0.25, 0.3) is 0 Å². The number of para-hydroxylation sites is 1. The summed E-state index contributed by atoms with van der Waals surface area (Å²) < 4.78 is 0.790. The van der Waals surface area contributed by atoms with Crippen molar-refractivity contribution in [3.05, 3.63) is 87.9 Å². The Hall–Kier alpha value is -3.32. The van der Waals surface area contributed by atoms with Gasteiger partial charge in [0, 0.05) is 35.0 Å². The van der Waals surface area contributed by atoms with Crippen molar-refractivity contribution in [1.29, 1.82) is 0 Å². The summed E-state index contributed by atoms with van der Waals surface area (Å²) in [6.07, 6.45) is 0.926. The molecule has 7 heteroatoms. The molecule has 33 heavy (non-hydrogen) atoms. The largest absolute Gasteiger partial charge is 0.366 e. The van der Waals surface area contributed by atoms with E-state index < -0.39 is 0 Å². The van der Waals surface area contributed by atoms with E-state index in [2.05, 4.69) is 55.0 Å². The zero-order valence-electron chi connectivity index (χ0n) is 18.7. The molecule has 1 aliphatic rings. The highest BCUT2D eigenvalue weighted by atomic mass is 79.9. The van der Waals surface area contributed by atoms with Gasteiger partial charge in [-0.3, -0.25) is 4.79 Å². The lowest BCUT2D eigenvalue weighted by atomic mass is 9.98. The van der Waals surface area contributed by atoms with Crippen LogP contribution in [0.4, 0.5) is 21.9 Å². The van der Waals surface area contributed by atoms with Crippen molar-refractivity contribution in [2.75, 3.05) is 22.1 Å². The van der Waals surface area contributed by atoms with Gasteiger partial charge in [-0.05, 0) is 77.7 Å². The molecule has 170 valence electrons. The topological polar surface area (TPSA) is 73.5 Å². The lowest BCUT2D eigenvalue weighted by molar-refractivity contribution is 0.0943. The molecule has 3 N–H and O–H groups in total. The first kappa shape index (κ1) is 22.9. The Morgan fingerprint density at radius 2 is 1.67 bits per heavy atom. The molecule has 3 aromatic carbocycles. The number of nitrogens with zero attached hydrogens (tertiary/aromatic N) is 1. The molecule has 0 aromatic heterocycles. The van der Waals surface area contributed by atoms with Crippen molar-refractivity contribution in [3.8, 4) is 0 Å². The first-order valence-corrected chi connectivity index (χ1v) is 11.8. The molecule has 1 aliphatic heterocycles. The second-order valence-corrected chi connectivity index (χ2v) is 9.21. The summed E-state index contributed by atoms with van der Waals surface area (Å²) >= 11 is 3.43. The van der Waals surface area contributed by atoms with Gasteiger partial charge in [-0.15, -0.1) is 0 Å². The lowest BCUT2D eigenvalue weighted by Crippen LogP contribution is -2.35. The van der Waals surface area contributed by atoms with Crippen LogP contribution in [0.5, 0.6) is 0 Å². The minimum absolute atomic E-state index is 0.00257. The Labute approximate surface area is 202 Å². The number of rotatable bonds is 5. The van der Waals surface area contributed by atoms with Crippen LogP contribution in [0, 0.1) is 0 Å². The van der Waals surface area contributed by atoms with Crippen molar-refractivity contribution in [3.63, 3.8) is 0 Å². The first-order valence-electron chi connectivity index (χ1n) is 11.0. The van der Waals surface area contributed by atoms with Gasteiger partial charge < -0.3 is 20.9 Å². The van der Waals surface area contributed by atoms with Crippen LogP contribution in [-0.4, -0.2) is 24.5 Å². The number of anilines is 3. The summed E-state index contributed by atoms with van der Waals surface area (Å²) in [5, 5.41) is 8.65. The molecule has 0 bridgehead atoms. The van der Waals surface area contributed by atoms with E-state index in [-0.39, 0.29) is 18.0 Å². The molecule has 4 rings (SSSR count). The third-order valence-electron chi connectivity index (χ3n) is 5.51. The Balaban J connectivity index is 1.58. The van der Waals surface area contributed by atoms with Gasteiger partial charge in [-0.25, -0.2) is 4.79 Å². The fraction of sp³-hybridized carbons (Fsp3) is 0.231. The molecule has 0 aliphatic carbocycles. The summed E-state index contributed by atoms with van der Waals surface area (Å²) in [5.74, 6) is -0.159. The highest BCUT2D eigenvalue weighted by Gasteiger charge is 2.22. The van der Waals surface area contributed by atoms with E-state index >= 15 is 0 Å². The molecule has 3 aromatic rings. The van der Waals surface area contributed by atoms with E-state index in [1.807, 2.05) is 56.3 Å². The predicted molar refractivity (Wildman–Crippen MR) is 137 cm³/mol. The van der Waals surface area contributed by atoms with Gasteiger partial charge in [0.05, 0.1) is 11.3 Å². The number of benzene rings is 3. The summed E-state index contributed by atoms with van der Waals surface area (Å²) in [6, 6.07) is 20.9. The molecule has 0 atom stereocenters. The number of hydrogen-bond acceptors (Lipinski definition) is 3. The van der Waals surface area contributed by atoms with Crippen molar-refractivity contribution in [2.45, 2.75) is 32.9 Å². The van der Waals surface area contributed by atoms with Gasteiger partial charge >= 0.3 is 6.03 Å². The van der Waals surface area contributed by atoms with Crippen molar-refractivity contribution >= 4 is 44.9 Å². The molecule has 0 spiro atoms. The fourth-order valence-electron chi connectivity index (χ4n) is 3.96. The summed E-state index contributed by atoms with van der Waals surface area (Å²) in [7, 11) is 0. The zero-order valence-corrected chi connectivity index (χ0v) is 20.3. The van der Waals surface area contributed by atoms with E-state index in [1.54, 1.807) is 6.07 Å². The standard InChI is InChI=1S/C26H27BrN4O2/c1-17(2)28-25(32)21-15-20(29-26(33)30-23-10-6-5-9-22(23)27)11-12-24(21)31-14-13-18-7-3-4-8-19(18)16-31/h3-12,15,17H,13-14,16H2,1-2H3,(H,28,32)(H2,29,30,33). The second kappa shape index (κ2) is 10.1. The quantitative estimate of drug-likeness (QED) is 0.409. The molecule has 1 heterocycles. The maximum absolute atomic E-state index is 13.1. The third kappa shape index (κ3) is 5.54. The van der Waals surface area contributed by atoms with Gasteiger partial charge in [0.2, 0.25) is 0 Å². The van der Waals surface area contributed by atoms with Crippen LogP contribution < -0.4 is 20.9 Å². The normalized spacial score (nSPS) is 12.8. The van der Waals surface area contributed by atoms with Crippen LogP contribution in [0.2, 0.25) is 0 Å². The molecule has 0 saturated carbocycles. The van der Waals surface area contributed by atoms with Crippen LogP contribution in [0.1, 0.15) is 35.3 Å². The minimum Gasteiger partial charge on any atom is -0.366 e. The number of carbonyl (C=O) groups excluding carboxylic acids is 2. The molecule has 0 saturated heterocycles. The molecule has 6 nitrogen and oxygen atoms in total. The smallest absolute Gasteiger partial charge is 0.323 e. The Morgan fingerprint density at radius 1 is 0.939 bits per heavy atom. The van der Waals surface area contributed by atoms with E-state index in [0.29, 0.717) is 16.9 Å². The van der Waals surface area contributed by atoms with Crippen LogP contribution in [-0.2, 0) is 13.0 Å². The van der Waals surface area contributed by atoms with Gasteiger partial charge in [0.15, 0.2) is 0 Å². The lowest BCUT2D eigenvalue weighted by Gasteiger charge is -2.32. The maximum atomic E-state index is 13.1. The summed E-state index contributed by atoms with van der Waals surface area (Å²) in [5.41, 5.74) is 5.24. The number of carbonyl (C=O) groups is 2. The molecular weight excluding hydrogens is 480 g/mol. The fourth-order valence-corrected chi connectivity index (χ4v) is 4.34. The Bertz CT molecular complexity index is 1180. The van der Waals surface area contributed by atoms with E-state index in [9.17, 15) is 9.59 Å². The van der Waals surface area contributed by atoms with E-state index in [1.165, 1.54) is 11.1 Å². The molecule has 0 unspecified atom stereocenters. The van der Waals surface area contributed by atoms with Crippen LogP contribution >= 0.6 is 15.9 Å². The number of hydrogen-bond donors (Lipinski definition) is 3. The van der Waals surface area contributed by atoms with Gasteiger partial charge in [-0.2, -0.15) is 0 Å². The number of halogens is 1. The average Bonchev–Trinajstić information content (AvgIpc) is 2.80. The van der Waals surface area contributed by atoms with Crippen LogP contribution in [0.15, 0.2) is 71.2 Å². The second-order valence-electron chi connectivity index (χ2n) is 8.36. The predicted octanol–water partition coefficient (Wildman–Crippen LogP) is 5.79. The SMILES string of the molecule is CC(C)NC(=O)c1cc(NC(=O)Nc2ccccc2Br)ccc1N1CCc2ccccc2C1. The number of amides is 3. The highest BCUT2D eigenvalue weighted by molar-refractivity contribution is 9.10. The van der Waals surface area contributed by atoms with E-state index in [0.717, 1.165) is 29.7 Å². The minimum atomic E-state index is -0.378. The monoisotopic (exact) mass is 506 g/mol. The van der Waals surface area contributed by atoms with Crippen molar-refractivity contribution in [2.24, 2.45) is 0 Å². The summed E-state index contributed by atoms with van der Waals surface area (Å²) in [4.78, 5) is 27.9. The molecule has 0 fully saturated rings. The number of urea groups is 1. The molecular formula is C26H27BrN4O2. The maximum Gasteiger partial charge on any atom is 0.323 e. The zero-order chi connectivity index (χ0) is 23.4. The van der Waals surface area contributed by atoms with Gasteiger partial charge in [0.1, 0.15) is 0 Å². The number of nitrogens with one attached hydrogen (secondary N) is 3.